The second kappa shape index (κ2) is 22.5. The summed E-state index contributed by atoms with van der Waals surface area (Å²) < 4.78 is 5.84. The molecule has 0 aromatic rings. The van der Waals surface area contributed by atoms with Gasteiger partial charge in [0.15, 0.2) is 0 Å². The lowest BCUT2D eigenvalue weighted by molar-refractivity contribution is 0.00977. The zero-order valence-electron chi connectivity index (χ0n) is 21.0. The van der Waals surface area contributed by atoms with Gasteiger partial charge < -0.3 is 4.74 Å². The summed E-state index contributed by atoms with van der Waals surface area (Å²) in [5.41, 5.74) is 0. The number of hydrogen-bond donors (Lipinski definition) is 0. The predicted molar refractivity (Wildman–Crippen MR) is 140 cm³/mol. The van der Waals surface area contributed by atoms with Gasteiger partial charge in [0, 0.05) is 6.61 Å². The molecule has 2 unspecified atom stereocenters. The highest BCUT2D eigenvalue weighted by Gasteiger charge is 2.15. The van der Waals surface area contributed by atoms with E-state index in [4.69, 9.17) is 4.74 Å². The monoisotopic (exact) mass is 441 g/mol. The highest BCUT2D eigenvalue weighted by atomic mass is 32.2. The van der Waals surface area contributed by atoms with E-state index in [1.807, 2.05) is 0 Å². The Morgan fingerprint density at radius 1 is 0.667 bits per heavy atom. The van der Waals surface area contributed by atoms with E-state index in [0.29, 0.717) is 6.10 Å². The third-order valence-corrected chi connectivity index (χ3v) is 8.47. The molecule has 1 fully saturated rings. The molecule has 1 heterocycles. The maximum absolute atomic E-state index is 5.84. The van der Waals surface area contributed by atoms with Gasteiger partial charge >= 0.3 is 0 Å². The van der Waals surface area contributed by atoms with E-state index in [1.165, 1.54) is 147 Å². The fraction of sp³-hybridized carbons (Fsp3) is 1.00. The third kappa shape index (κ3) is 17.9. The Kier molecular flexibility index (Phi) is 21.3. The molecule has 0 bridgehead atoms. The Labute approximate surface area is 195 Å². The molecule has 0 N–H and O–H groups in total. The molecule has 2 atom stereocenters. The second-order valence-corrected chi connectivity index (χ2v) is 11.4. The van der Waals surface area contributed by atoms with Crippen LogP contribution in [0.1, 0.15) is 155 Å². The molecule has 1 aliphatic heterocycles. The van der Waals surface area contributed by atoms with Crippen molar-refractivity contribution < 1.29 is 4.74 Å². The molecule has 1 aliphatic rings. The number of hydrogen-bond acceptors (Lipinski definition) is 1. The van der Waals surface area contributed by atoms with Crippen LogP contribution >= 0.6 is 0 Å². The van der Waals surface area contributed by atoms with E-state index in [-0.39, 0.29) is 0 Å². The third-order valence-electron chi connectivity index (χ3n) is 6.86. The SMILES string of the molecule is CCCCCCCCCC(CCC)[SH+]CCCCCCCCCCC1CCCCO1. The smallest absolute Gasteiger partial charge is 0.116 e. The lowest BCUT2D eigenvalue weighted by atomic mass is 10.0. The average molecular weight is 442 g/mol. The first-order valence-corrected chi connectivity index (χ1v) is 15.3. The molecule has 0 aliphatic carbocycles. The average Bonchev–Trinajstić information content (AvgIpc) is 2.77. The van der Waals surface area contributed by atoms with Crippen molar-refractivity contribution in [3.05, 3.63) is 0 Å². The van der Waals surface area contributed by atoms with Gasteiger partial charge in [-0.3, -0.25) is 0 Å². The quantitative estimate of drug-likeness (QED) is 0.0924. The molecule has 0 radical (unpaired) electrons. The minimum absolute atomic E-state index is 0.597. The predicted octanol–water partition coefficient (Wildman–Crippen LogP) is 9.19. The molecule has 0 amide bonds. The van der Waals surface area contributed by atoms with Crippen LogP contribution in [0, 0.1) is 0 Å². The van der Waals surface area contributed by atoms with E-state index in [0.717, 1.165) is 11.9 Å². The topological polar surface area (TPSA) is 9.23 Å². The van der Waals surface area contributed by atoms with Gasteiger partial charge in [0.1, 0.15) is 11.0 Å². The van der Waals surface area contributed by atoms with Crippen LogP contribution in [0.3, 0.4) is 0 Å². The van der Waals surface area contributed by atoms with Gasteiger partial charge in [-0.1, -0.05) is 97.3 Å². The van der Waals surface area contributed by atoms with E-state index < -0.39 is 0 Å². The van der Waals surface area contributed by atoms with Crippen LogP contribution in [0.4, 0.5) is 0 Å². The van der Waals surface area contributed by atoms with E-state index >= 15 is 0 Å². The Morgan fingerprint density at radius 2 is 1.30 bits per heavy atom. The largest absolute Gasteiger partial charge is 0.378 e. The van der Waals surface area contributed by atoms with Gasteiger partial charge in [-0.2, -0.15) is 0 Å². The van der Waals surface area contributed by atoms with Crippen molar-refractivity contribution in [2.45, 2.75) is 166 Å². The van der Waals surface area contributed by atoms with Crippen LogP contribution in [-0.4, -0.2) is 23.7 Å². The maximum Gasteiger partial charge on any atom is 0.116 e. The molecule has 1 rings (SSSR count). The Hall–Kier alpha value is 0.310. The molecule has 2 heteroatoms. The van der Waals surface area contributed by atoms with Crippen molar-refractivity contribution in [2.24, 2.45) is 0 Å². The lowest BCUT2D eigenvalue weighted by Gasteiger charge is -2.22. The van der Waals surface area contributed by atoms with Crippen LogP contribution < -0.4 is 0 Å². The first-order valence-electron chi connectivity index (χ1n) is 14.1. The summed E-state index contributed by atoms with van der Waals surface area (Å²) >= 11 is 1.77. The van der Waals surface area contributed by atoms with Crippen molar-refractivity contribution in [3.8, 4) is 0 Å². The maximum atomic E-state index is 5.84. The molecule has 180 valence electrons. The Bertz CT molecular complexity index is 327. The molecule has 1 nitrogen and oxygen atoms in total. The summed E-state index contributed by atoms with van der Waals surface area (Å²) in [6.07, 6.45) is 32.0. The van der Waals surface area contributed by atoms with E-state index in [9.17, 15) is 0 Å². The van der Waals surface area contributed by atoms with Crippen LogP contribution in [0.5, 0.6) is 0 Å². The minimum atomic E-state index is 0.597. The first-order chi connectivity index (χ1) is 14.9. The van der Waals surface area contributed by atoms with Crippen molar-refractivity contribution >= 4 is 11.8 Å². The van der Waals surface area contributed by atoms with Crippen molar-refractivity contribution in [3.63, 3.8) is 0 Å². The van der Waals surface area contributed by atoms with E-state index in [1.54, 1.807) is 11.8 Å². The first kappa shape index (κ1) is 28.3. The van der Waals surface area contributed by atoms with Gasteiger partial charge in [0.25, 0.3) is 0 Å². The van der Waals surface area contributed by atoms with Crippen molar-refractivity contribution in [2.75, 3.05) is 12.4 Å². The molecular weight excluding hydrogens is 384 g/mol. The zero-order chi connectivity index (χ0) is 21.5. The molecular formula is C28H57OS+. The summed E-state index contributed by atoms with van der Waals surface area (Å²) in [6, 6.07) is 0. The fourth-order valence-electron chi connectivity index (χ4n) is 4.85. The van der Waals surface area contributed by atoms with Crippen molar-refractivity contribution in [1.82, 2.24) is 0 Å². The van der Waals surface area contributed by atoms with Gasteiger partial charge in [-0.25, -0.2) is 0 Å². The van der Waals surface area contributed by atoms with Crippen LogP contribution in [-0.2, 0) is 16.5 Å². The van der Waals surface area contributed by atoms with E-state index in [2.05, 4.69) is 13.8 Å². The van der Waals surface area contributed by atoms with Gasteiger partial charge in [-0.05, 0) is 69.5 Å². The Morgan fingerprint density at radius 3 is 1.93 bits per heavy atom. The molecule has 30 heavy (non-hydrogen) atoms. The standard InChI is InChI=1S/C28H56OS/c1-3-5-6-7-10-14-17-24-28(21-4-2)30-26-20-15-12-9-8-11-13-16-22-27-23-18-19-25-29-27/h27-28H,3-26H2,1-2H3/p+1. The minimum Gasteiger partial charge on any atom is -0.378 e. The summed E-state index contributed by atoms with van der Waals surface area (Å²) in [7, 11) is 0. The van der Waals surface area contributed by atoms with Crippen molar-refractivity contribution in [1.29, 1.82) is 0 Å². The van der Waals surface area contributed by atoms with Gasteiger partial charge in [0.05, 0.1) is 6.10 Å². The number of thiol groups is 1. The van der Waals surface area contributed by atoms with Crippen LogP contribution in [0.15, 0.2) is 0 Å². The van der Waals surface area contributed by atoms with Crippen LogP contribution in [0.2, 0.25) is 0 Å². The highest BCUT2D eigenvalue weighted by molar-refractivity contribution is 7.79. The lowest BCUT2D eigenvalue weighted by Crippen LogP contribution is -2.18. The summed E-state index contributed by atoms with van der Waals surface area (Å²) in [5, 5.41) is 0.999. The van der Waals surface area contributed by atoms with Gasteiger partial charge in [-0.15, -0.1) is 0 Å². The van der Waals surface area contributed by atoms with Crippen LogP contribution in [0.25, 0.3) is 0 Å². The summed E-state index contributed by atoms with van der Waals surface area (Å²) in [5.74, 6) is 1.46. The highest BCUT2D eigenvalue weighted by Crippen LogP contribution is 2.19. The summed E-state index contributed by atoms with van der Waals surface area (Å²) in [6.45, 7) is 5.70. The normalized spacial score (nSPS) is 18.0. The molecule has 0 aromatic heterocycles. The van der Waals surface area contributed by atoms with Gasteiger partial charge in [0.2, 0.25) is 0 Å². The second-order valence-electron chi connectivity index (χ2n) is 9.86. The Balaban J connectivity index is 1.83. The molecule has 1 saturated heterocycles. The number of ether oxygens (including phenoxy) is 1. The number of unbranched alkanes of at least 4 members (excludes halogenated alkanes) is 13. The zero-order valence-corrected chi connectivity index (χ0v) is 21.9. The fourth-order valence-corrected chi connectivity index (χ4v) is 6.43. The molecule has 0 saturated carbocycles. The molecule has 0 aromatic carbocycles. The summed E-state index contributed by atoms with van der Waals surface area (Å²) in [4.78, 5) is 0. The molecule has 0 spiro atoms. The number of rotatable bonds is 22.